The van der Waals surface area contributed by atoms with E-state index in [0.717, 1.165) is 25.7 Å². The van der Waals surface area contributed by atoms with Crippen LogP contribution in [0.2, 0.25) is 0 Å². The summed E-state index contributed by atoms with van der Waals surface area (Å²) < 4.78 is 19.4. The number of aliphatic hydroxyl groups excluding tert-OH is 1. The molecule has 1 aromatic carbocycles. The number of rotatable bonds is 4. The summed E-state index contributed by atoms with van der Waals surface area (Å²) in [4.78, 5) is 2.05. The molecule has 0 aliphatic heterocycles. The normalized spacial score (nSPS) is 19.9. The molecule has 0 amide bonds. The first-order valence-electron chi connectivity index (χ1n) is 7.21. The van der Waals surface area contributed by atoms with E-state index in [9.17, 15) is 9.50 Å². The maximum Gasteiger partial charge on any atom is 0.170 e. The molecule has 1 atom stereocenters. The van der Waals surface area contributed by atoms with Crippen molar-refractivity contribution in [3.05, 3.63) is 29.6 Å². The molecule has 0 bridgehead atoms. The van der Waals surface area contributed by atoms with Gasteiger partial charge in [-0.1, -0.05) is 31.4 Å². The van der Waals surface area contributed by atoms with E-state index in [1.807, 2.05) is 14.1 Å². The van der Waals surface area contributed by atoms with Crippen molar-refractivity contribution in [2.24, 2.45) is 0 Å². The van der Waals surface area contributed by atoms with Crippen LogP contribution >= 0.6 is 0 Å². The fourth-order valence-electron chi connectivity index (χ4n) is 3.32. The lowest BCUT2D eigenvalue weighted by molar-refractivity contribution is -0.0354. The van der Waals surface area contributed by atoms with Crippen LogP contribution in [0.25, 0.3) is 0 Å². The fraction of sp³-hybridized carbons (Fsp3) is 0.625. The number of hydrogen-bond acceptors (Lipinski definition) is 3. The first-order valence-corrected chi connectivity index (χ1v) is 7.21. The predicted octanol–water partition coefficient (Wildman–Crippen LogP) is 3.13. The first kappa shape index (κ1) is 15.3. The predicted molar refractivity (Wildman–Crippen MR) is 77.4 cm³/mol. The van der Waals surface area contributed by atoms with E-state index in [4.69, 9.17) is 4.74 Å². The standard InChI is InChI=1S/C16H24FNO2/c1-18(2)16(10-5-4-6-11-16)15(19)12-8-7-9-13(20-3)14(12)17/h7-9,15,19H,4-6,10-11H2,1-3H3. The molecule has 0 heterocycles. The van der Waals surface area contributed by atoms with Gasteiger partial charge in [0.2, 0.25) is 0 Å². The van der Waals surface area contributed by atoms with Crippen molar-refractivity contribution in [3.8, 4) is 5.75 Å². The highest BCUT2D eigenvalue weighted by atomic mass is 19.1. The Labute approximate surface area is 120 Å². The van der Waals surface area contributed by atoms with E-state index in [1.165, 1.54) is 13.5 Å². The Balaban J connectivity index is 2.40. The molecular weight excluding hydrogens is 257 g/mol. The number of ether oxygens (including phenoxy) is 1. The third-order valence-electron chi connectivity index (χ3n) is 4.63. The molecule has 0 saturated heterocycles. The summed E-state index contributed by atoms with van der Waals surface area (Å²) in [5.41, 5.74) is -0.0502. The average Bonchev–Trinajstić information content (AvgIpc) is 2.47. The van der Waals surface area contributed by atoms with Crippen LogP contribution in [0.15, 0.2) is 18.2 Å². The van der Waals surface area contributed by atoms with E-state index in [0.29, 0.717) is 5.56 Å². The highest BCUT2D eigenvalue weighted by Gasteiger charge is 2.42. The number of likely N-dealkylation sites (N-methyl/N-ethyl adjacent to an activating group) is 1. The minimum Gasteiger partial charge on any atom is -0.494 e. The van der Waals surface area contributed by atoms with E-state index >= 15 is 0 Å². The Morgan fingerprint density at radius 2 is 1.90 bits per heavy atom. The van der Waals surface area contributed by atoms with Gasteiger partial charge in [0.05, 0.1) is 12.6 Å². The second kappa shape index (κ2) is 6.10. The molecule has 1 aliphatic carbocycles. The number of aliphatic hydroxyl groups is 1. The smallest absolute Gasteiger partial charge is 0.170 e. The molecule has 0 radical (unpaired) electrons. The second-order valence-electron chi connectivity index (χ2n) is 5.82. The zero-order valence-electron chi connectivity index (χ0n) is 12.5. The van der Waals surface area contributed by atoms with Crippen molar-refractivity contribution < 1.29 is 14.2 Å². The van der Waals surface area contributed by atoms with Crippen LogP contribution in [0.1, 0.15) is 43.8 Å². The number of nitrogens with zero attached hydrogens (tertiary/aromatic N) is 1. The van der Waals surface area contributed by atoms with E-state index in [1.54, 1.807) is 18.2 Å². The average molecular weight is 281 g/mol. The van der Waals surface area contributed by atoms with Crippen LogP contribution in [0.5, 0.6) is 5.75 Å². The third-order valence-corrected chi connectivity index (χ3v) is 4.63. The summed E-state index contributed by atoms with van der Waals surface area (Å²) >= 11 is 0. The highest BCUT2D eigenvalue weighted by Crippen LogP contribution is 2.43. The zero-order chi connectivity index (χ0) is 14.8. The van der Waals surface area contributed by atoms with Crippen LogP contribution in [0, 0.1) is 5.82 Å². The molecule has 112 valence electrons. The molecule has 20 heavy (non-hydrogen) atoms. The highest BCUT2D eigenvalue weighted by molar-refractivity contribution is 5.34. The SMILES string of the molecule is COc1cccc(C(O)C2(N(C)C)CCCCC2)c1F. The minimum absolute atomic E-state index is 0.186. The van der Waals surface area contributed by atoms with Crippen molar-refractivity contribution in [2.75, 3.05) is 21.2 Å². The van der Waals surface area contributed by atoms with E-state index in [-0.39, 0.29) is 11.3 Å². The lowest BCUT2D eigenvalue weighted by Gasteiger charge is -2.46. The van der Waals surface area contributed by atoms with Crippen LogP contribution < -0.4 is 4.74 Å². The Kier molecular flexibility index (Phi) is 4.66. The molecule has 1 saturated carbocycles. The monoisotopic (exact) mass is 281 g/mol. The van der Waals surface area contributed by atoms with Crippen LogP contribution in [0.4, 0.5) is 4.39 Å². The molecule has 1 aromatic rings. The summed E-state index contributed by atoms with van der Waals surface area (Å²) in [7, 11) is 5.37. The topological polar surface area (TPSA) is 32.7 Å². The summed E-state index contributed by atoms with van der Waals surface area (Å²) in [5, 5.41) is 10.8. The van der Waals surface area contributed by atoms with Gasteiger partial charge in [0.15, 0.2) is 11.6 Å². The van der Waals surface area contributed by atoms with Gasteiger partial charge in [-0.05, 0) is 33.0 Å². The Morgan fingerprint density at radius 1 is 1.25 bits per heavy atom. The number of hydrogen-bond donors (Lipinski definition) is 1. The molecule has 3 nitrogen and oxygen atoms in total. The Hall–Kier alpha value is -1.13. The maximum atomic E-state index is 14.4. The van der Waals surface area contributed by atoms with Gasteiger partial charge in [0.25, 0.3) is 0 Å². The molecule has 1 N–H and O–H groups in total. The largest absolute Gasteiger partial charge is 0.494 e. The van der Waals surface area contributed by atoms with Crippen molar-refractivity contribution in [1.29, 1.82) is 0 Å². The molecular formula is C16H24FNO2. The number of halogens is 1. The van der Waals surface area contributed by atoms with Gasteiger partial charge >= 0.3 is 0 Å². The zero-order valence-corrected chi connectivity index (χ0v) is 12.5. The molecule has 1 fully saturated rings. The molecule has 1 aliphatic rings. The first-order chi connectivity index (χ1) is 9.53. The van der Waals surface area contributed by atoms with Crippen molar-refractivity contribution >= 4 is 0 Å². The molecule has 4 heteroatoms. The van der Waals surface area contributed by atoms with Gasteiger partial charge in [-0.3, -0.25) is 0 Å². The third kappa shape index (κ3) is 2.54. The Bertz CT molecular complexity index is 456. The minimum atomic E-state index is -0.840. The summed E-state index contributed by atoms with van der Waals surface area (Å²) in [6.07, 6.45) is 4.26. The number of methoxy groups -OCH3 is 1. The lowest BCUT2D eigenvalue weighted by Crippen LogP contribution is -2.50. The van der Waals surface area contributed by atoms with Crippen molar-refractivity contribution in [3.63, 3.8) is 0 Å². The van der Waals surface area contributed by atoms with Crippen LogP contribution in [0.3, 0.4) is 0 Å². The Morgan fingerprint density at radius 3 is 2.45 bits per heavy atom. The number of benzene rings is 1. The summed E-state index contributed by atoms with van der Waals surface area (Å²) in [6.45, 7) is 0. The second-order valence-corrected chi connectivity index (χ2v) is 5.82. The van der Waals surface area contributed by atoms with E-state index in [2.05, 4.69) is 4.90 Å². The molecule has 0 aromatic heterocycles. The van der Waals surface area contributed by atoms with Crippen LogP contribution in [-0.2, 0) is 0 Å². The fourth-order valence-corrected chi connectivity index (χ4v) is 3.32. The van der Waals surface area contributed by atoms with E-state index < -0.39 is 11.9 Å². The van der Waals surface area contributed by atoms with Gasteiger partial charge in [-0.2, -0.15) is 0 Å². The van der Waals surface area contributed by atoms with Gasteiger partial charge in [-0.25, -0.2) is 4.39 Å². The summed E-state index contributed by atoms with van der Waals surface area (Å²) in [6, 6.07) is 4.96. The van der Waals surface area contributed by atoms with Gasteiger partial charge < -0.3 is 14.7 Å². The van der Waals surface area contributed by atoms with Gasteiger partial charge in [0, 0.05) is 5.56 Å². The maximum absolute atomic E-state index is 14.4. The molecule has 1 unspecified atom stereocenters. The van der Waals surface area contributed by atoms with Gasteiger partial charge in [0.1, 0.15) is 6.10 Å². The quantitative estimate of drug-likeness (QED) is 0.920. The van der Waals surface area contributed by atoms with Crippen molar-refractivity contribution in [1.82, 2.24) is 4.90 Å². The van der Waals surface area contributed by atoms with Crippen LogP contribution in [-0.4, -0.2) is 36.8 Å². The molecule has 2 rings (SSSR count). The molecule has 0 spiro atoms. The lowest BCUT2D eigenvalue weighted by atomic mass is 9.74. The van der Waals surface area contributed by atoms with Gasteiger partial charge in [-0.15, -0.1) is 0 Å². The van der Waals surface area contributed by atoms with Crippen molar-refractivity contribution in [2.45, 2.75) is 43.7 Å². The summed E-state index contributed by atoms with van der Waals surface area (Å²) in [5.74, 6) is -0.263.